The summed E-state index contributed by atoms with van der Waals surface area (Å²) in [5.41, 5.74) is 3.24. The molecule has 0 fully saturated rings. The van der Waals surface area contributed by atoms with Crippen LogP contribution in [0.4, 0.5) is 5.69 Å². The maximum Gasteiger partial charge on any atom is 0.255 e. The molecular weight excluding hydrogens is 324 g/mol. The molecule has 0 heterocycles. The van der Waals surface area contributed by atoms with Crippen LogP contribution in [-0.4, -0.2) is 23.8 Å². The molecule has 0 saturated heterocycles. The van der Waals surface area contributed by atoms with Gasteiger partial charge in [-0.2, -0.15) is 0 Å². The molecule has 1 atom stereocenters. The normalized spacial score (nSPS) is 14.5. The van der Waals surface area contributed by atoms with Crippen LogP contribution in [-0.2, 0) is 4.79 Å². The van der Waals surface area contributed by atoms with Crippen molar-refractivity contribution in [3.8, 4) is 0 Å². The second-order valence-corrected chi connectivity index (χ2v) is 6.66. The molecule has 1 N–H and O–H groups in total. The molecule has 134 valence electrons. The highest BCUT2D eigenvalue weighted by Gasteiger charge is 2.22. The van der Waals surface area contributed by atoms with Gasteiger partial charge in [0.1, 0.15) is 0 Å². The fraction of sp³-hybridized carbons (Fsp3) is 0.273. The zero-order chi connectivity index (χ0) is 18.5. The number of benzene rings is 2. The molecule has 1 aliphatic carbocycles. The van der Waals surface area contributed by atoms with Gasteiger partial charge in [-0.15, -0.1) is 0 Å². The van der Waals surface area contributed by atoms with Gasteiger partial charge in [0.25, 0.3) is 5.91 Å². The first-order valence-electron chi connectivity index (χ1n) is 8.99. The van der Waals surface area contributed by atoms with E-state index >= 15 is 0 Å². The molecule has 0 saturated carbocycles. The molecule has 3 rings (SSSR count). The van der Waals surface area contributed by atoms with E-state index in [0.717, 1.165) is 36.1 Å². The van der Waals surface area contributed by atoms with Crippen LogP contribution in [0.3, 0.4) is 0 Å². The van der Waals surface area contributed by atoms with E-state index in [9.17, 15) is 9.59 Å². The van der Waals surface area contributed by atoms with Gasteiger partial charge in [0.15, 0.2) is 0 Å². The summed E-state index contributed by atoms with van der Waals surface area (Å²) < 4.78 is 0. The predicted octanol–water partition coefficient (Wildman–Crippen LogP) is 4.57. The van der Waals surface area contributed by atoms with Gasteiger partial charge in [0, 0.05) is 23.9 Å². The summed E-state index contributed by atoms with van der Waals surface area (Å²) in [5.74, 6) is -0.0512. The van der Waals surface area contributed by atoms with Crippen LogP contribution in [0.25, 0.3) is 0 Å². The second-order valence-electron chi connectivity index (χ2n) is 6.66. The van der Waals surface area contributed by atoms with Crippen LogP contribution >= 0.6 is 0 Å². The third-order valence-electron chi connectivity index (χ3n) is 4.88. The van der Waals surface area contributed by atoms with Crippen molar-refractivity contribution in [1.82, 2.24) is 4.90 Å². The lowest BCUT2D eigenvalue weighted by Gasteiger charge is -2.26. The molecule has 0 bridgehead atoms. The van der Waals surface area contributed by atoms with Crippen LogP contribution in [0.5, 0.6) is 0 Å². The summed E-state index contributed by atoms with van der Waals surface area (Å²) in [6, 6.07) is 16.7. The average Bonchev–Trinajstić information content (AvgIpc) is 3.22. The Morgan fingerprint density at radius 2 is 1.85 bits per heavy atom. The summed E-state index contributed by atoms with van der Waals surface area (Å²) in [6.07, 6.45) is 4.96. The van der Waals surface area contributed by atoms with E-state index in [1.807, 2.05) is 62.5 Å². The van der Waals surface area contributed by atoms with Gasteiger partial charge in [-0.1, -0.05) is 36.4 Å². The van der Waals surface area contributed by atoms with E-state index < -0.39 is 0 Å². The first kappa shape index (κ1) is 17.9. The Morgan fingerprint density at radius 3 is 2.54 bits per heavy atom. The molecule has 4 heteroatoms. The van der Waals surface area contributed by atoms with Crippen molar-refractivity contribution < 1.29 is 9.59 Å². The summed E-state index contributed by atoms with van der Waals surface area (Å²) >= 11 is 0. The van der Waals surface area contributed by atoms with E-state index in [-0.39, 0.29) is 17.9 Å². The maximum absolute atomic E-state index is 12.6. The lowest BCUT2D eigenvalue weighted by molar-refractivity contribution is -0.127. The highest BCUT2D eigenvalue weighted by atomic mass is 16.2. The molecule has 0 aliphatic heterocycles. The third kappa shape index (κ3) is 4.02. The first-order valence-corrected chi connectivity index (χ1v) is 8.99. The van der Waals surface area contributed by atoms with Crippen molar-refractivity contribution in [3.63, 3.8) is 0 Å². The van der Waals surface area contributed by atoms with E-state index in [4.69, 9.17) is 0 Å². The van der Waals surface area contributed by atoms with Crippen LogP contribution in [0, 0.1) is 0 Å². The molecule has 2 aromatic carbocycles. The van der Waals surface area contributed by atoms with Crippen molar-refractivity contribution in [2.75, 3.05) is 12.4 Å². The van der Waals surface area contributed by atoms with Gasteiger partial charge in [-0.25, -0.2) is 0 Å². The van der Waals surface area contributed by atoms with Crippen LogP contribution in [0.2, 0.25) is 0 Å². The largest absolute Gasteiger partial charge is 0.335 e. The van der Waals surface area contributed by atoms with Crippen LogP contribution in [0.1, 0.15) is 48.1 Å². The second kappa shape index (κ2) is 8.00. The molecule has 26 heavy (non-hydrogen) atoms. The molecule has 0 spiro atoms. The van der Waals surface area contributed by atoms with Crippen molar-refractivity contribution in [1.29, 1.82) is 0 Å². The smallest absolute Gasteiger partial charge is 0.255 e. The van der Waals surface area contributed by atoms with E-state index in [1.54, 1.807) is 17.0 Å². The number of hydrogen-bond acceptors (Lipinski definition) is 2. The molecule has 2 aromatic rings. The third-order valence-corrected chi connectivity index (χ3v) is 4.88. The minimum absolute atomic E-state index is 0.0717. The van der Waals surface area contributed by atoms with Gasteiger partial charge < -0.3 is 10.2 Å². The molecular formula is C22H24N2O2. The number of likely N-dealkylation sites (N-methyl/N-ethyl adjacent to an activating group) is 1. The number of carbonyl (C=O) groups excluding carboxylic acids is 2. The predicted molar refractivity (Wildman–Crippen MR) is 104 cm³/mol. The molecule has 0 unspecified atom stereocenters. The fourth-order valence-corrected chi connectivity index (χ4v) is 3.16. The topological polar surface area (TPSA) is 49.4 Å². The Kier molecular flexibility index (Phi) is 5.52. The van der Waals surface area contributed by atoms with Crippen molar-refractivity contribution >= 4 is 17.5 Å². The summed E-state index contributed by atoms with van der Waals surface area (Å²) in [7, 11) is 1.83. The van der Waals surface area contributed by atoms with Gasteiger partial charge >= 0.3 is 0 Å². The molecule has 4 nitrogen and oxygen atoms in total. The van der Waals surface area contributed by atoms with Crippen LogP contribution < -0.4 is 5.32 Å². The van der Waals surface area contributed by atoms with E-state index in [1.165, 1.54) is 0 Å². The number of amides is 2. The van der Waals surface area contributed by atoms with Crippen molar-refractivity contribution in [3.05, 3.63) is 77.4 Å². The molecule has 0 aromatic heterocycles. The highest BCUT2D eigenvalue weighted by Crippen LogP contribution is 2.26. The first-order chi connectivity index (χ1) is 12.6. The van der Waals surface area contributed by atoms with Crippen molar-refractivity contribution in [2.24, 2.45) is 0 Å². The number of nitrogens with zero attached hydrogens (tertiary/aromatic N) is 1. The van der Waals surface area contributed by atoms with E-state index in [0.29, 0.717) is 5.56 Å². The number of hydrogen-bond donors (Lipinski definition) is 1. The molecule has 0 radical (unpaired) electrons. The zero-order valence-corrected chi connectivity index (χ0v) is 15.2. The lowest BCUT2D eigenvalue weighted by atomic mass is 10.0. The molecule has 2 amide bonds. The minimum Gasteiger partial charge on any atom is -0.335 e. The summed E-state index contributed by atoms with van der Waals surface area (Å²) in [4.78, 5) is 26.7. The Bertz CT molecular complexity index is 827. The lowest BCUT2D eigenvalue weighted by Crippen LogP contribution is -2.30. The number of allylic oxidation sites excluding steroid dienone is 1. The number of anilines is 1. The van der Waals surface area contributed by atoms with Gasteiger partial charge in [-0.05, 0) is 56.0 Å². The molecule has 1 aliphatic rings. The zero-order valence-electron chi connectivity index (χ0n) is 15.2. The van der Waals surface area contributed by atoms with E-state index in [2.05, 4.69) is 5.32 Å². The number of rotatable bonds is 5. The maximum atomic E-state index is 12.6. The minimum atomic E-state index is -0.143. The Balaban J connectivity index is 1.72. The average molecular weight is 348 g/mol. The number of nitrogens with one attached hydrogen (secondary N) is 1. The van der Waals surface area contributed by atoms with Crippen molar-refractivity contribution in [2.45, 2.75) is 32.2 Å². The van der Waals surface area contributed by atoms with Gasteiger partial charge in [0.05, 0.1) is 6.04 Å². The summed E-state index contributed by atoms with van der Waals surface area (Å²) in [6.45, 7) is 2.01. The monoisotopic (exact) mass is 348 g/mol. The van der Waals surface area contributed by atoms with Crippen LogP contribution in [0.15, 0.2) is 66.2 Å². The Morgan fingerprint density at radius 1 is 1.08 bits per heavy atom. The summed E-state index contributed by atoms with van der Waals surface area (Å²) in [5, 5.41) is 2.92. The standard InChI is InChI=1S/C22H24N2O2/c1-16(24(2)22(26)18-11-6-7-12-18)19-13-8-14-20(15-19)23-21(25)17-9-4-3-5-10-17/h3-5,8-11,13-16H,6-7,12H2,1-2H3,(H,23,25)/t16-/m0/s1. The Labute approximate surface area is 154 Å². The highest BCUT2D eigenvalue weighted by molar-refractivity contribution is 6.04. The SMILES string of the molecule is C[C@@H](c1cccc(NC(=O)c2ccccc2)c1)N(C)C(=O)C1=CCCC1. The fourth-order valence-electron chi connectivity index (χ4n) is 3.16. The number of carbonyl (C=O) groups is 2. The van der Waals surface area contributed by atoms with Gasteiger partial charge in [0.2, 0.25) is 5.91 Å². The van der Waals surface area contributed by atoms with Gasteiger partial charge in [-0.3, -0.25) is 9.59 Å². The quantitative estimate of drug-likeness (QED) is 0.860. The Hall–Kier alpha value is -2.88.